The van der Waals surface area contributed by atoms with Gasteiger partial charge in [-0.1, -0.05) is 24.9 Å². The lowest BCUT2D eigenvalue weighted by atomic mass is 10.0. The van der Waals surface area contributed by atoms with Gasteiger partial charge in [0, 0.05) is 38.6 Å². The van der Waals surface area contributed by atoms with E-state index in [0.717, 1.165) is 47.8 Å². The molecule has 1 aromatic heterocycles. The van der Waals surface area contributed by atoms with Crippen LogP contribution in [0, 0.1) is 0 Å². The first-order valence-corrected chi connectivity index (χ1v) is 10.0. The highest BCUT2D eigenvalue weighted by Gasteiger charge is 2.22. The number of esters is 1. The van der Waals surface area contributed by atoms with Gasteiger partial charge < -0.3 is 9.64 Å². The van der Waals surface area contributed by atoms with Gasteiger partial charge in [0.1, 0.15) is 0 Å². The molecular formula is C20H24ClNO2S. The molecule has 0 spiro atoms. The maximum Gasteiger partial charge on any atom is 0.334 e. The molecule has 1 aliphatic rings. The van der Waals surface area contributed by atoms with Crippen LogP contribution in [0.5, 0.6) is 0 Å². The summed E-state index contributed by atoms with van der Waals surface area (Å²) in [5.41, 5.74) is 3.28. The van der Waals surface area contributed by atoms with Gasteiger partial charge in [0.15, 0.2) is 0 Å². The summed E-state index contributed by atoms with van der Waals surface area (Å²) in [6, 6.07) is 4.10. The standard InChI is InChI=1S/C20H24ClNO2S/c1-4-6-13(20(23)24-5-2)11-18-15-12-22(3)10-9-14-16(21)7-8-17(25-18)19(14)15/h7-8,11H,4-6,9-10,12H2,1-3H3/b13-11+. The molecule has 3 nitrogen and oxygen atoms in total. The number of hydrogen-bond acceptors (Lipinski definition) is 4. The van der Waals surface area contributed by atoms with Crippen molar-refractivity contribution in [2.24, 2.45) is 0 Å². The molecule has 0 bridgehead atoms. The van der Waals surface area contributed by atoms with E-state index in [1.165, 1.54) is 21.2 Å². The van der Waals surface area contributed by atoms with Crippen molar-refractivity contribution in [3.8, 4) is 0 Å². The van der Waals surface area contributed by atoms with E-state index in [4.69, 9.17) is 16.3 Å². The smallest absolute Gasteiger partial charge is 0.334 e. The summed E-state index contributed by atoms with van der Waals surface area (Å²) < 4.78 is 6.49. The Kier molecular flexibility index (Phi) is 5.82. The third kappa shape index (κ3) is 3.76. The summed E-state index contributed by atoms with van der Waals surface area (Å²) in [5.74, 6) is -0.200. The maximum atomic E-state index is 12.3. The van der Waals surface area contributed by atoms with E-state index in [-0.39, 0.29) is 5.97 Å². The Morgan fingerprint density at radius 3 is 2.88 bits per heavy atom. The van der Waals surface area contributed by atoms with Crippen molar-refractivity contribution in [2.45, 2.75) is 39.7 Å². The Labute approximate surface area is 158 Å². The molecule has 0 unspecified atom stereocenters. The fourth-order valence-electron chi connectivity index (χ4n) is 3.37. The molecule has 0 fully saturated rings. The third-order valence-electron chi connectivity index (χ3n) is 4.57. The van der Waals surface area contributed by atoms with Crippen LogP contribution in [0.2, 0.25) is 5.02 Å². The van der Waals surface area contributed by atoms with Crippen LogP contribution in [0.3, 0.4) is 0 Å². The van der Waals surface area contributed by atoms with Crippen LogP contribution in [-0.4, -0.2) is 31.1 Å². The molecule has 0 aliphatic carbocycles. The number of benzene rings is 1. The van der Waals surface area contributed by atoms with Gasteiger partial charge in [-0.05, 0) is 56.1 Å². The molecule has 0 N–H and O–H groups in total. The summed E-state index contributed by atoms with van der Waals surface area (Å²) in [4.78, 5) is 15.8. The number of carbonyl (C=O) groups excluding carboxylic acids is 1. The molecule has 3 rings (SSSR count). The second-order valence-electron chi connectivity index (χ2n) is 6.47. The zero-order chi connectivity index (χ0) is 18.0. The minimum atomic E-state index is -0.200. The van der Waals surface area contributed by atoms with Gasteiger partial charge in [-0.3, -0.25) is 0 Å². The molecule has 0 atom stereocenters. The van der Waals surface area contributed by atoms with Crippen LogP contribution in [0.4, 0.5) is 0 Å². The topological polar surface area (TPSA) is 29.5 Å². The first-order valence-electron chi connectivity index (χ1n) is 8.84. The third-order valence-corrected chi connectivity index (χ3v) is 6.07. The Morgan fingerprint density at radius 1 is 1.36 bits per heavy atom. The highest BCUT2D eigenvalue weighted by Crippen LogP contribution is 2.40. The number of hydrogen-bond donors (Lipinski definition) is 0. The van der Waals surface area contributed by atoms with Gasteiger partial charge in [-0.15, -0.1) is 11.3 Å². The molecule has 2 heterocycles. The fourth-order valence-corrected chi connectivity index (χ4v) is 4.84. The molecule has 0 saturated carbocycles. The van der Waals surface area contributed by atoms with Crippen molar-refractivity contribution in [3.63, 3.8) is 0 Å². The highest BCUT2D eigenvalue weighted by molar-refractivity contribution is 7.20. The van der Waals surface area contributed by atoms with Gasteiger partial charge in [-0.25, -0.2) is 4.79 Å². The largest absolute Gasteiger partial charge is 0.463 e. The Bertz CT molecular complexity index is 825. The van der Waals surface area contributed by atoms with Crippen molar-refractivity contribution in [2.75, 3.05) is 20.2 Å². The van der Waals surface area contributed by atoms with Gasteiger partial charge in [0.05, 0.1) is 6.61 Å². The zero-order valence-electron chi connectivity index (χ0n) is 15.0. The first-order chi connectivity index (χ1) is 12.0. The molecule has 2 aromatic rings. The lowest BCUT2D eigenvalue weighted by Crippen LogP contribution is -2.18. The Balaban J connectivity index is 2.15. The van der Waals surface area contributed by atoms with Crippen molar-refractivity contribution < 1.29 is 9.53 Å². The second-order valence-corrected chi connectivity index (χ2v) is 7.96. The predicted molar refractivity (Wildman–Crippen MR) is 106 cm³/mol. The van der Waals surface area contributed by atoms with Crippen LogP contribution in [0.1, 0.15) is 42.7 Å². The van der Waals surface area contributed by atoms with Crippen molar-refractivity contribution in [3.05, 3.63) is 38.7 Å². The number of rotatable bonds is 5. The molecule has 1 aliphatic heterocycles. The zero-order valence-corrected chi connectivity index (χ0v) is 16.6. The molecule has 0 amide bonds. The van der Waals surface area contributed by atoms with Gasteiger partial charge >= 0.3 is 5.97 Å². The molecule has 0 saturated heterocycles. The summed E-state index contributed by atoms with van der Waals surface area (Å²) in [6.45, 7) is 6.20. The number of carbonyl (C=O) groups is 1. The summed E-state index contributed by atoms with van der Waals surface area (Å²) in [5, 5.41) is 2.13. The molecule has 134 valence electrons. The van der Waals surface area contributed by atoms with E-state index in [0.29, 0.717) is 6.61 Å². The van der Waals surface area contributed by atoms with Crippen molar-refractivity contribution >= 4 is 45.1 Å². The normalized spacial score (nSPS) is 15.4. The Morgan fingerprint density at radius 2 is 2.16 bits per heavy atom. The average Bonchev–Trinajstić information content (AvgIpc) is 2.80. The van der Waals surface area contributed by atoms with E-state index < -0.39 is 0 Å². The first kappa shape index (κ1) is 18.4. The van der Waals surface area contributed by atoms with Gasteiger partial charge in [-0.2, -0.15) is 0 Å². The van der Waals surface area contributed by atoms with E-state index in [1.54, 1.807) is 11.3 Å². The lowest BCUT2D eigenvalue weighted by molar-refractivity contribution is -0.138. The van der Waals surface area contributed by atoms with Crippen molar-refractivity contribution in [1.29, 1.82) is 0 Å². The SMILES string of the molecule is CCC/C(=C\c1sc2ccc(Cl)c3c2c1CN(C)CC3)C(=O)OCC. The summed E-state index contributed by atoms with van der Waals surface area (Å²) >= 11 is 8.23. The molecule has 1 aromatic carbocycles. The van der Waals surface area contributed by atoms with Crippen LogP contribution in [0.25, 0.3) is 16.2 Å². The maximum absolute atomic E-state index is 12.3. The van der Waals surface area contributed by atoms with Gasteiger partial charge in [0.25, 0.3) is 0 Å². The van der Waals surface area contributed by atoms with E-state index in [2.05, 4.69) is 24.9 Å². The number of likely N-dealkylation sites (N-methyl/N-ethyl adjacent to an activating group) is 1. The van der Waals surface area contributed by atoms with Crippen LogP contribution in [-0.2, 0) is 22.5 Å². The summed E-state index contributed by atoms with van der Waals surface area (Å²) in [6.07, 6.45) is 4.65. The van der Waals surface area contributed by atoms with Crippen LogP contribution >= 0.6 is 22.9 Å². The second kappa shape index (κ2) is 7.90. The number of nitrogens with zero attached hydrogens (tertiary/aromatic N) is 1. The highest BCUT2D eigenvalue weighted by atomic mass is 35.5. The summed E-state index contributed by atoms with van der Waals surface area (Å²) in [7, 11) is 2.13. The average molecular weight is 378 g/mol. The van der Waals surface area contributed by atoms with Crippen LogP contribution < -0.4 is 0 Å². The van der Waals surface area contributed by atoms with E-state index >= 15 is 0 Å². The fraction of sp³-hybridized carbons (Fsp3) is 0.450. The quantitative estimate of drug-likeness (QED) is 0.523. The predicted octanol–water partition coefficient (Wildman–Crippen LogP) is 5.29. The lowest BCUT2D eigenvalue weighted by Gasteiger charge is -2.13. The van der Waals surface area contributed by atoms with Crippen LogP contribution in [0.15, 0.2) is 17.7 Å². The Hall–Kier alpha value is -1.36. The van der Waals surface area contributed by atoms with E-state index in [9.17, 15) is 4.79 Å². The molecule has 0 radical (unpaired) electrons. The number of ether oxygens (including phenoxy) is 1. The van der Waals surface area contributed by atoms with E-state index in [1.807, 2.05) is 19.1 Å². The van der Waals surface area contributed by atoms with Crippen molar-refractivity contribution in [1.82, 2.24) is 4.90 Å². The molecular weight excluding hydrogens is 354 g/mol. The molecule has 5 heteroatoms. The minimum Gasteiger partial charge on any atom is -0.463 e. The number of halogens is 1. The number of thiophene rings is 1. The van der Waals surface area contributed by atoms with Gasteiger partial charge in [0.2, 0.25) is 0 Å². The monoisotopic (exact) mass is 377 g/mol. The minimum absolute atomic E-state index is 0.200. The molecule has 25 heavy (non-hydrogen) atoms.